The highest BCUT2D eigenvalue weighted by molar-refractivity contribution is 6.39. The lowest BCUT2D eigenvalue weighted by atomic mass is 10.1. The van der Waals surface area contributed by atoms with Crippen LogP contribution in [-0.2, 0) is 6.42 Å². The van der Waals surface area contributed by atoms with Gasteiger partial charge in [-0.2, -0.15) is 0 Å². The fourth-order valence-electron chi connectivity index (χ4n) is 3.26. The molecule has 3 N–H and O–H groups in total. The van der Waals surface area contributed by atoms with Gasteiger partial charge in [-0.05, 0) is 49.2 Å². The summed E-state index contributed by atoms with van der Waals surface area (Å²) in [5.74, 6) is 0. The number of fused-ring (bicyclic) bond motifs is 1. The van der Waals surface area contributed by atoms with Crippen LogP contribution in [0, 0.1) is 6.92 Å². The molecule has 0 radical (unpaired) electrons. The molecule has 0 spiro atoms. The van der Waals surface area contributed by atoms with E-state index in [4.69, 9.17) is 23.2 Å². The number of nitrogens with zero attached hydrogens (tertiary/aromatic N) is 1. The number of hydrogen-bond donors (Lipinski definition) is 3. The van der Waals surface area contributed by atoms with Crippen molar-refractivity contribution in [2.45, 2.75) is 13.3 Å². The molecule has 142 valence electrons. The van der Waals surface area contributed by atoms with E-state index >= 15 is 0 Å². The molecule has 28 heavy (non-hydrogen) atoms. The van der Waals surface area contributed by atoms with Crippen molar-refractivity contribution in [3.63, 3.8) is 0 Å². The summed E-state index contributed by atoms with van der Waals surface area (Å²) in [5, 5.41) is 9.09. The van der Waals surface area contributed by atoms with Gasteiger partial charge < -0.3 is 15.6 Å². The van der Waals surface area contributed by atoms with Gasteiger partial charge in [0.05, 0.1) is 15.7 Å². The maximum Gasteiger partial charge on any atom is 0.0720 e. The van der Waals surface area contributed by atoms with Crippen LogP contribution in [0.25, 0.3) is 10.9 Å². The van der Waals surface area contributed by atoms with Crippen LogP contribution < -0.4 is 10.6 Å². The van der Waals surface area contributed by atoms with E-state index in [2.05, 4.69) is 45.0 Å². The molecule has 6 heteroatoms. The lowest BCUT2D eigenvalue weighted by Gasteiger charge is -2.14. The maximum absolute atomic E-state index is 6.48. The summed E-state index contributed by atoms with van der Waals surface area (Å²) in [5.41, 5.74) is 5.89. The van der Waals surface area contributed by atoms with E-state index in [0.717, 1.165) is 41.2 Å². The number of hydrogen-bond acceptors (Lipinski definition) is 3. The fraction of sp³-hybridized carbons (Fsp3) is 0.136. The summed E-state index contributed by atoms with van der Waals surface area (Å²) < 4.78 is 0. The molecule has 4 rings (SSSR count). The lowest BCUT2D eigenvalue weighted by Crippen LogP contribution is -2.06. The minimum absolute atomic E-state index is 0.583. The molecule has 4 nitrogen and oxygen atoms in total. The Morgan fingerprint density at radius 3 is 2.57 bits per heavy atom. The molecule has 0 fully saturated rings. The van der Waals surface area contributed by atoms with Crippen molar-refractivity contribution in [3.8, 4) is 0 Å². The second-order valence-electron chi connectivity index (χ2n) is 6.66. The summed E-state index contributed by atoms with van der Waals surface area (Å²) in [7, 11) is 0. The summed E-state index contributed by atoms with van der Waals surface area (Å²) in [6.07, 6.45) is 4.69. The Morgan fingerprint density at radius 2 is 1.79 bits per heavy atom. The van der Waals surface area contributed by atoms with E-state index in [1.807, 2.05) is 37.3 Å². The fourth-order valence-corrected chi connectivity index (χ4v) is 3.89. The van der Waals surface area contributed by atoms with E-state index in [1.54, 1.807) is 6.20 Å². The van der Waals surface area contributed by atoms with Crippen molar-refractivity contribution in [2.24, 2.45) is 0 Å². The lowest BCUT2D eigenvalue weighted by molar-refractivity contribution is 1.03. The molecule has 0 amide bonds. The van der Waals surface area contributed by atoms with E-state index in [9.17, 15) is 0 Å². The molecule has 4 aromatic rings. The number of aryl methyl sites for hydroxylation is 1. The monoisotopic (exact) mass is 410 g/mol. The first-order valence-electron chi connectivity index (χ1n) is 9.08. The van der Waals surface area contributed by atoms with E-state index < -0.39 is 0 Å². The summed E-state index contributed by atoms with van der Waals surface area (Å²) >= 11 is 13.0. The Morgan fingerprint density at radius 1 is 1.00 bits per heavy atom. The molecular weight excluding hydrogens is 391 g/mol. The minimum Gasteiger partial charge on any atom is -0.382 e. The second-order valence-corrected chi connectivity index (χ2v) is 7.48. The van der Waals surface area contributed by atoms with Crippen molar-refractivity contribution in [3.05, 3.63) is 82.2 Å². The summed E-state index contributed by atoms with van der Waals surface area (Å²) in [6, 6.07) is 15.9. The van der Waals surface area contributed by atoms with Gasteiger partial charge in [-0.3, -0.25) is 4.98 Å². The number of rotatable bonds is 6. The van der Waals surface area contributed by atoms with Crippen LogP contribution in [0.1, 0.15) is 11.3 Å². The van der Waals surface area contributed by atoms with Crippen LogP contribution >= 0.6 is 23.2 Å². The smallest absolute Gasteiger partial charge is 0.0720 e. The Hall–Kier alpha value is -2.69. The number of pyridine rings is 1. The van der Waals surface area contributed by atoms with Gasteiger partial charge in [0.1, 0.15) is 0 Å². The SMILES string of the molecule is Cc1cc(Nc2cc(Cl)c(NCCc3c[nH]c4ccccc34)c(Cl)c2)ccn1. The van der Waals surface area contributed by atoms with E-state index in [1.165, 1.54) is 10.9 Å². The van der Waals surface area contributed by atoms with Crippen LogP contribution in [0.5, 0.6) is 0 Å². The third kappa shape index (κ3) is 4.08. The molecule has 2 heterocycles. The molecule has 0 aliphatic rings. The quantitative estimate of drug-likeness (QED) is 0.336. The highest BCUT2D eigenvalue weighted by atomic mass is 35.5. The summed E-state index contributed by atoms with van der Waals surface area (Å²) in [4.78, 5) is 7.50. The molecule has 2 aromatic heterocycles. The van der Waals surface area contributed by atoms with Crippen molar-refractivity contribution < 1.29 is 0 Å². The number of aromatic nitrogens is 2. The zero-order valence-corrected chi connectivity index (χ0v) is 16.9. The first-order valence-corrected chi connectivity index (χ1v) is 9.83. The van der Waals surface area contributed by atoms with Crippen LogP contribution in [0.3, 0.4) is 0 Å². The topological polar surface area (TPSA) is 52.7 Å². The molecule has 2 aromatic carbocycles. The molecule has 0 aliphatic carbocycles. The molecule has 0 aliphatic heterocycles. The summed E-state index contributed by atoms with van der Waals surface area (Å²) in [6.45, 7) is 2.68. The van der Waals surface area contributed by atoms with Gasteiger partial charge in [-0.15, -0.1) is 0 Å². The Kier molecular flexibility index (Phi) is 5.42. The van der Waals surface area contributed by atoms with Gasteiger partial charge in [0, 0.05) is 46.9 Å². The highest BCUT2D eigenvalue weighted by Crippen LogP contribution is 2.35. The second kappa shape index (κ2) is 8.13. The van der Waals surface area contributed by atoms with E-state index in [-0.39, 0.29) is 0 Å². The molecule has 0 saturated carbocycles. The minimum atomic E-state index is 0.583. The van der Waals surface area contributed by atoms with Gasteiger partial charge >= 0.3 is 0 Å². The number of halogens is 2. The standard InChI is InChI=1S/C22H20Cl2N4/c1-14-10-16(7-9-25-14)28-17-11-19(23)22(20(24)12-17)26-8-6-15-13-27-21-5-3-2-4-18(15)21/h2-5,7,9-13,26-27H,6,8H2,1H3,(H,25,28). The molecule has 0 unspecified atom stereocenters. The zero-order chi connectivity index (χ0) is 19.5. The molecule has 0 saturated heterocycles. The predicted octanol–water partition coefficient (Wildman–Crippen LogP) is 6.58. The van der Waals surface area contributed by atoms with Crippen LogP contribution in [-0.4, -0.2) is 16.5 Å². The Labute approximate surface area is 173 Å². The van der Waals surface area contributed by atoms with Gasteiger partial charge in [-0.1, -0.05) is 41.4 Å². The number of benzene rings is 2. The number of anilines is 3. The predicted molar refractivity (Wildman–Crippen MR) is 119 cm³/mol. The average molecular weight is 411 g/mol. The average Bonchev–Trinajstić information content (AvgIpc) is 3.07. The number of para-hydroxylation sites is 1. The first kappa shape index (κ1) is 18.7. The van der Waals surface area contributed by atoms with Crippen LogP contribution in [0.2, 0.25) is 10.0 Å². The maximum atomic E-state index is 6.48. The Balaban J connectivity index is 1.45. The van der Waals surface area contributed by atoms with Gasteiger partial charge in [0.2, 0.25) is 0 Å². The van der Waals surface area contributed by atoms with Crippen molar-refractivity contribution in [2.75, 3.05) is 17.2 Å². The number of nitrogens with one attached hydrogen (secondary N) is 3. The molecule has 0 atom stereocenters. The van der Waals surface area contributed by atoms with Crippen molar-refractivity contribution in [1.29, 1.82) is 0 Å². The van der Waals surface area contributed by atoms with Gasteiger partial charge in [-0.25, -0.2) is 0 Å². The highest BCUT2D eigenvalue weighted by Gasteiger charge is 2.09. The Bertz CT molecular complexity index is 1100. The molecule has 0 bridgehead atoms. The molecular formula is C22H20Cl2N4. The van der Waals surface area contributed by atoms with Crippen molar-refractivity contribution in [1.82, 2.24) is 9.97 Å². The van der Waals surface area contributed by atoms with Crippen LogP contribution in [0.15, 0.2) is 60.9 Å². The largest absolute Gasteiger partial charge is 0.382 e. The number of aromatic amines is 1. The van der Waals surface area contributed by atoms with E-state index in [0.29, 0.717) is 10.0 Å². The third-order valence-electron chi connectivity index (χ3n) is 4.60. The van der Waals surface area contributed by atoms with Crippen molar-refractivity contribution >= 4 is 51.2 Å². The normalized spacial score (nSPS) is 11.0. The van der Waals surface area contributed by atoms with Crippen LogP contribution in [0.4, 0.5) is 17.1 Å². The van der Waals surface area contributed by atoms with Gasteiger partial charge in [0.15, 0.2) is 0 Å². The zero-order valence-electron chi connectivity index (χ0n) is 15.4. The van der Waals surface area contributed by atoms with Gasteiger partial charge in [0.25, 0.3) is 0 Å². The number of H-pyrrole nitrogens is 1. The first-order chi connectivity index (χ1) is 13.6. The third-order valence-corrected chi connectivity index (χ3v) is 5.19.